The fourth-order valence-electron chi connectivity index (χ4n) is 3.15. The molecule has 1 heterocycles. The molecule has 0 N–H and O–H groups in total. The third-order valence-electron chi connectivity index (χ3n) is 4.50. The minimum Gasteiger partial charge on any atom is -0.469 e. The van der Waals surface area contributed by atoms with E-state index >= 15 is 0 Å². The van der Waals surface area contributed by atoms with Gasteiger partial charge in [-0.15, -0.1) is 11.3 Å². The van der Waals surface area contributed by atoms with E-state index in [9.17, 15) is 13.6 Å². The molecule has 0 atom stereocenters. The molecule has 0 unspecified atom stereocenters. The van der Waals surface area contributed by atoms with Gasteiger partial charge in [-0.25, -0.2) is 13.8 Å². The van der Waals surface area contributed by atoms with E-state index in [0.29, 0.717) is 30.3 Å². The van der Waals surface area contributed by atoms with Gasteiger partial charge >= 0.3 is 5.97 Å². The van der Waals surface area contributed by atoms with Crippen LogP contribution in [0.3, 0.4) is 0 Å². The number of hydrogen-bond acceptors (Lipinski definition) is 5. The summed E-state index contributed by atoms with van der Waals surface area (Å²) in [6, 6.07) is 4.14. The van der Waals surface area contributed by atoms with Crippen molar-refractivity contribution >= 4 is 22.4 Å². The predicted molar refractivity (Wildman–Crippen MR) is 93.7 cm³/mol. The summed E-state index contributed by atoms with van der Waals surface area (Å²) in [5.41, 5.74) is 1.15. The Kier molecular flexibility index (Phi) is 5.63. The summed E-state index contributed by atoms with van der Waals surface area (Å²) in [5.74, 6) is -2.00. The van der Waals surface area contributed by atoms with Crippen LogP contribution in [0.4, 0.5) is 13.9 Å². The summed E-state index contributed by atoms with van der Waals surface area (Å²) in [5, 5.41) is 2.64. The molecule has 4 nitrogen and oxygen atoms in total. The Hall–Kier alpha value is -2.02. The quantitative estimate of drug-likeness (QED) is 0.711. The molecule has 0 bridgehead atoms. The van der Waals surface area contributed by atoms with E-state index in [2.05, 4.69) is 9.88 Å². The second-order valence-corrected chi connectivity index (χ2v) is 6.94. The van der Waals surface area contributed by atoms with Gasteiger partial charge in [-0.3, -0.25) is 4.79 Å². The first kappa shape index (κ1) is 17.8. The third-order valence-corrected chi connectivity index (χ3v) is 5.38. The lowest BCUT2D eigenvalue weighted by Gasteiger charge is -2.28. The van der Waals surface area contributed by atoms with Crippen LogP contribution in [0.25, 0.3) is 11.3 Å². The summed E-state index contributed by atoms with van der Waals surface area (Å²) in [7, 11) is 1.38. The highest BCUT2D eigenvalue weighted by Gasteiger charge is 2.25. The van der Waals surface area contributed by atoms with Crippen molar-refractivity contribution < 1.29 is 18.3 Å². The van der Waals surface area contributed by atoms with Gasteiger partial charge in [0.05, 0.1) is 19.2 Å². The summed E-state index contributed by atoms with van der Waals surface area (Å²) >= 11 is 1.46. The Morgan fingerprint density at radius 2 is 2.08 bits per heavy atom. The van der Waals surface area contributed by atoms with Gasteiger partial charge in [0.15, 0.2) is 16.8 Å². The molecule has 1 aromatic heterocycles. The van der Waals surface area contributed by atoms with Gasteiger partial charge in [0.25, 0.3) is 0 Å². The number of carbonyl (C=O) groups excluding carboxylic acids is 1. The van der Waals surface area contributed by atoms with E-state index in [-0.39, 0.29) is 5.97 Å². The topological polar surface area (TPSA) is 42.4 Å². The largest absolute Gasteiger partial charge is 0.469 e. The molecule has 7 heteroatoms. The van der Waals surface area contributed by atoms with Crippen LogP contribution < -0.4 is 4.90 Å². The molecule has 1 saturated carbocycles. The maximum atomic E-state index is 13.5. The molecule has 1 aromatic carbocycles. The molecule has 1 aliphatic rings. The summed E-state index contributed by atoms with van der Waals surface area (Å²) in [4.78, 5) is 18.3. The van der Waals surface area contributed by atoms with Crippen molar-refractivity contribution in [2.45, 2.75) is 38.1 Å². The van der Waals surface area contributed by atoms with Gasteiger partial charge in [-0.1, -0.05) is 12.8 Å². The molecule has 0 amide bonds. The van der Waals surface area contributed by atoms with E-state index in [1.807, 2.05) is 5.38 Å². The number of anilines is 1. The molecule has 25 heavy (non-hydrogen) atoms. The van der Waals surface area contributed by atoms with E-state index in [1.54, 1.807) is 0 Å². The highest BCUT2D eigenvalue weighted by molar-refractivity contribution is 7.14. The molecule has 134 valence electrons. The number of halogens is 2. The molecule has 0 aliphatic heterocycles. The summed E-state index contributed by atoms with van der Waals surface area (Å²) in [6.07, 6.45) is 4.78. The smallest absolute Gasteiger partial charge is 0.307 e. The lowest BCUT2D eigenvalue weighted by molar-refractivity contribution is -0.140. The van der Waals surface area contributed by atoms with Crippen molar-refractivity contribution in [3.8, 4) is 11.3 Å². The number of ether oxygens (including phenoxy) is 1. The van der Waals surface area contributed by atoms with Crippen molar-refractivity contribution in [3.05, 3.63) is 35.2 Å². The molecule has 3 rings (SSSR count). The molecule has 0 spiro atoms. The average Bonchev–Trinajstić information content (AvgIpc) is 3.29. The van der Waals surface area contributed by atoms with Gasteiger partial charge in [-0.2, -0.15) is 0 Å². The third kappa shape index (κ3) is 4.15. The average molecular weight is 366 g/mol. The number of hydrogen-bond donors (Lipinski definition) is 0. The second-order valence-electron chi connectivity index (χ2n) is 6.10. The molecule has 1 fully saturated rings. The van der Waals surface area contributed by atoms with E-state index < -0.39 is 11.6 Å². The van der Waals surface area contributed by atoms with Gasteiger partial charge in [-0.05, 0) is 31.0 Å². The highest BCUT2D eigenvalue weighted by atomic mass is 32.1. The van der Waals surface area contributed by atoms with Crippen molar-refractivity contribution in [3.63, 3.8) is 0 Å². The molecule has 1 aliphatic carbocycles. The minimum absolute atomic E-state index is 0.250. The second kappa shape index (κ2) is 7.91. The van der Waals surface area contributed by atoms with Crippen LogP contribution in [0.2, 0.25) is 0 Å². The number of methoxy groups -OCH3 is 1. The Morgan fingerprint density at radius 1 is 1.32 bits per heavy atom. The maximum Gasteiger partial charge on any atom is 0.307 e. The van der Waals surface area contributed by atoms with Gasteiger partial charge in [0, 0.05) is 23.5 Å². The number of carbonyl (C=O) groups is 1. The molecule has 0 saturated heterocycles. The zero-order valence-electron chi connectivity index (χ0n) is 14.0. The van der Waals surface area contributed by atoms with Crippen LogP contribution in [0.1, 0.15) is 32.1 Å². The molecule has 0 radical (unpaired) electrons. The summed E-state index contributed by atoms with van der Waals surface area (Å²) < 4.78 is 31.3. The Morgan fingerprint density at radius 3 is 2.76 bits per heavy atom. The van der Waals surface area contributed by atoms with Crippen molar-refractivity contribution in [2.24, 2.45) is 0 Å². The highest BCUT2D eigenvalue weighted by Crippen LogP contribution is 2.33. The molecular weight excluding hydrogens is 346 g/mol. The maximum absolute atomic E-state index is 13.5. The normalized spacial score (nSPS) is 14.7. The molecule has 2 aromatic rings. The Bertz CT molecular complexity index is 744. The van der Waals surface area contributed by atoms with Gasteiger partial charge in [0.1, 0.15) is 0 Å². The standard InChI is InChI=1S/C18H20F2N2O2S/c1-24-17(23)8-9-22(13-4-2-3-5-13)18-21-16(11-25-18)12-6-7-14(19)15(20)10-12/h6-7,10-11,13H,2-5,8-9H2,1H3. The SMILES string of the molecule is COC(=O)CCN(c1nc(-c2ccc(F)c(F)c2)cs1)C1CCCC1. The van der Waals surface area contributed by atoms with Crippen LogP contribution in [-0.4, -0.2) is 30.6 Å². The predicted octanol–water partition coefficient (Wildman–Crippen LogP) is 4.40. The number of aromatic nitrogens is 1. The lowest BCUT2D eigenvalue weighted by atomic mass is 10.1. The van der Waals surface area contributed by atoms with Crippen molar-refractivity contribution in [1.29, 1.82) is 0 Å². The molecular formula is C18H20F2N2O2S. The zero-order valence-corrected chi connectivity index (χ0v) is 14.8. The first-order chi connectivity index (χ1) is 12.1. The van der Waals surface area contributed by atoms with Crippen LogP contribution in [0.15, 0.2) is 23.6 Å². The number of nitrogens with zero attached hydrogens (tertiary/aromatic N) is 2. The first-order valence-corrected chi connectivity index (χ1v) is 9.21. The number of rotatable bonds is 6. The van der Waals surface area contributed by atoms with E-state index in [0.717, 1.165) is 30.1 Å². The van der Waals surface area contributed by atoms with Gasteiger partial charge in [0.2, 0.25) is 0 Å². The number of thiazole rings is 1. The van der Waals surface area contributed by atoms with Crippen molar-refractivity contribution in [1.82, 2.24) is 4.98 Å². The Labute approximate surface area is 149 Å². The van der Waals surface area contributed by atoms with Crippen molar-refractivity contribution in [2.75, 3.05) is 18.6 Å². The Balaban J connectivity index is 1.82. The van der Waals surface area contributed by atoms with Gasteiger partial charge < -0.3 is 9.64 Å². The lowest BCUT2D eigenvalue weighted by Crippen LogP contribution is -2.35. The fourth-order valence-corrected chi connectivity index (χ4v) is 4.08. The fraction of sp³-hybridized carbons (Fsp3) is 0.444. The van der Waals surface area contributed by atoms with E-state index in [4.69, 9.17) is 4.74 Å². The summed E-state index contributed by atoms with van der Waals surface area (Å²) in [6.45, 7) is 0.544. The monoisotopic (exact) mass is 366 g/mol. The number of esters is 1. The first-order valence-electron chi connectivity index (χ1n) is 8.33. The number of benzene rings is 1. The minimum atomic E-state index is -0.884. The van der Waals surface area contributed by atoms with E-state index in [1.165, 1.54) is 37.4 Å². The van der Waals surface area contributed by atoms with Crippen LogP contribution in [-0.2, 0) is 9.53 Å². The van der Waals surface area contributed by atoms with Crippen LogP contribution >= 0.6 is 11.3 Å². The van der Waals surface area contributed by atoms with Crippen LogP contribution in [0.5, 0.6) is 0 Å². The zero-order chi connectivity index (χ0) is 17.8. The van der Waals surface area contributed by atoms with Crippen LogP contribution in [0, 0.1) is 11.6 Å².